The number of hydrogen-bond donors (Lipinski definition) is 3. The molecule has 1 unspecified atom stereocenters. The third kappa shape index (κ3) is 3.24. The van der Waals surface area contributed by atoms with Crippen molar-refractivity contribution < 1.29 is 14.7 Å². The van der Waals surface area contributed by atoms with Crippen LogP contribution in [0.5, 0.6) is 0 Å². The van der Waals surface area contributed by atoms with Gasteiger partial charge in [-0.15, -0.1) is 0 Å². The lowest BCUT2D eigenvalue weighted by Gasteiger charge is -2.16. The van der Waals surface area contributed by atoms with Crippen LogP contribution in [0, 0.1) is 12.8 Å². The molecule has 0 aliphatic heterocycles. The maximum Gasteiger partial charge on any atom is 0.337 e. The Morgan fingerprint density at radius 1 is 1.37 bits per heavy atom. The summed E-state index contributed by atoms with van der Waals surface area (Å²) < 4.78 is 0. The van der Waals surface area contributed by atoms with Crippen LogP contribution in [0.3, 0.4) is 0 Å². The molecule has 1 aromatic carbocycles. The number of amides is 2. The van der Waals surface area contributed by atoms with Crippen LogP contribution >= 0.6 is 0 Å². The number of benzene rings is 1. The Morgan fingerprint density at radius 3 is 2.63 bits per heavy atom. The van der Waals surface area contributed by atoms with E-state index in [4.69, 9.17) is 5.11 Å². The first kappa shape index (κ1) is 13.4. The van der Waals surface area contributed by atoms with Crippen molar-refractivity contribution in [1.29, 1.82) is 0 Å². The van der Waals surface area contributed by atoms with Crippen LogP contribution in [0.15, 0.2) is 18.2 Å². The molecule has 102 valence electrons. The fourth-order valence-electron chi connectivity index (χ4n) is 2.08. The van der Waals surface area contributed by atoms with Crippen molar-refractivity contribution in [2.75, 3.05) is 5.32 Å². The van der Waals surface area contributed by atoms with Gasteiger partial charge in [0.05, 0.1) is 11.3 Å². The summed E-state index contributed by atoms with van der Waals surface area (Å²) in [5, 5.41) is 14.6. The highest BCUT2D eigenvalue weighted by atomic mass is 16.4. The zero-order chi connectivity index (χ0) is 14.0. The first-order valence-corrected chi connectivity index (χ1v) is 6.39. The van der Waals surface area contributed by atoms with Gasteiger partial charge in [-0.3, -0.25) is 0 Å². The molecule has 0 heterocycles. The molecule has 0 spiro atoms. The average molecular weight is 262 g/mol. The number of aryl methyl sites for hydroxylation is 1. The van der Waals surface area contributed by atoms with Gasteiger partial charge in [0.1, 0.15) is 0 Å². The van der Waals surface area contributed by atoms with Gasteiger partial charge in [0, 0.05) is 6.04 Å². The van der Waals surface area contributed by atoms with Crippen molar-refractivity contribution in [3.63, 3.8) is 0 Å². The Labute approximate surface area is 112 Å². The zero-order valence-electron chi connectivity index (χ0n) is 11.1. The van der Waals surface area contributed by atoms with E-state index in [1.165, 1.54) is 6.07 Å². The quantitative estimate of drug-likeness (QED) is 0.780. The zero-order valence-corrected chi connectivity index (χ0v) is 11.1. The van der Waals surface area contributed by atoms with E-state index in [9.17, 15) is 9.59 Å². The maximum atomic E-state index is 11.9. The number of hydrogen-bond acceptors (Lipinski definition) is 2. The number of anilines is 1. The summed E-state index contributed by atoms with van der Waals surface area (Å²) in [7, 11) is 0. The molecule has 1 aliphatic rings. The lowest BCUT2D eigenvalue weighted by Crippen LogP contribution is -2.37. The molecule has 0 saturated heterocycles. The highest BCUT2D eigenvalue weighted by Crippen LogP contribution is 2.32. The van der Waals surface area contributed by atoms with Crippen molar-refractivity contribution in [3.05, 3.63) is 29.3 Å². The molecule has 19 heavy (non-hydrogen) atoms. The lowest BCUT2D eigenvalue weighted by molar-refractivity contribution is 0.0698. The average Bonchev–Trinajstić information content (AvgIpc) is 3.15. The summed E-state index contributed by atoms with van der Waals surface area (Å²) in [6, 6.07) is 4.68. The number of carboxylic acids is 1. The molecule has 1 atom stereocenters. The summed E-state index contributed by atoms with van der Waals surface area (Å²) in [4.78, 5) is 23.0. The van der Waals surface area contributed by atoms with E-state index in [1.807, 2.05) is 6.92 Å². The number of para-hydroxylation sites is 1. The Hall–Kier alpha value is -2.04. The van der Waals surface area contributed by atoms with Crippen LogP contribution < -0.4 is 10.6 Å². The van der Waals surface area contributed by atoms with Crippen molar-refractivity contribution in [3.8, 4) is 0 Å². The first-order valence-electron chi connectivity index (χ1n) is 6.39. The number of carbonyl (C=O) groups is 2. The Kier molecular flexibility index (Phi) is 3.74. The van der Waals surface area contributed by atoms with Crippen molar-refractivity contribution in [2.24, 2.45) is 5.92 Å². The molecule has 5 nitrogen and oxygen atoms in total. The van der Waals surface area contributed by atoms with E-state index in [2.05, 4.69) is 10.6 Å². The fourth-order valence-corrected chi connectivity index (χ4v) is 2.08. The predicted octanol–water partition coefficient (Wildman–Crippen LogP) is 2.61. The second-order valence-electron chi connectivity index (χ2n) is 5.03. The van der Waals surface area contributed by atoms with Crippen LogP contribution in [0.4, 0.5) is 10.5 Å². The Morgan fingerprint density at radius 2 is 2.05 bits per heavy atom. The smallest absolute Gasteiger partial charge is 0.337 e. The number of aromatic carboxylic acids is 1. The van der Waals surface area contributed by atoms with Crippen LogP contribution in [0.1, 0.15) is 35.7 Å². The van der Waals surface area contributed by atoms with Gasteiger partial charge in [-0.1, -0.05) is 12.1 Å². The third-order valence-corrected chi connectivity index (χ3v) is 3.43. The molecule has 1 saturated carbocycles. The molecule has 1 fully saturated rings. The number of carboxylic acid groups (broad SMARTS) is 1. The van der Waals surface area contributed by atoms with E-state index in [0.29, 0.717) is 11.6 Å². The third-order valence-electron chi connectivity index (χ3n) is 3.43. The second kappa shape index (κ2) is 5.30. The van der Waals surface area contributed by atoms with Crippen molar-refractivity contribution in [2.45, 2.75) is 32.7 Å². The second-order valence-corrected chi connectivity index (χ2v) is 5.03. The lowest BCUT2D eigenvalue weighted by atomic mass is 10.1. The molecule has 0 bridgehead atoms. The van der Waals surface area contributed by atoms with E-state index in [0.717, 1.165) is 18.4 Å². The van der Waals surface area contributed by atoms with Gasteiger partial charge in [0.15, 0.2) is 0 Å². The van der Waals surface area contributed by atoms with E-state index in [-0.39, 0.29) is 17.6 Å². The molecule has 3 N–H and O–H groups in total. The number of nitrogens with one attached hydrogen (secondary N) is 2. The van der Waals surface area contributed by atoms with Gasteiger partial charge < -0.3 is 15.7 Å². The Bertz CT molecular complexity index is 509. The first-order chi connectivity index (χ1) is 8.99. The molecule has 5 heteroatoms. The molecule has 0 radical (unpaired) electrons. The summed E-state index contributed by atoms with van der Waals surface area (Å²) in [6.07, 6.45) is 2.29. The molecule has 1 aliphatic carbocycles. The summed E-state index contributed by atoms with van der Waals surface area (Å²) in [6.45, 7) is 3.74. The van der Waals surface area contributed by atoms with Gasteiger partial charge in [0.2, 0.25) is 0 Å². The van der Waals surface area contributed by atoms with E-state index in [1.54, 1.807) is 19.1 Å². The minimum Gasteiger partial charge on any atom is -0.478 e. The maximum absolute atomic E-state index is 11.9. The largest absolute Gasteiger partial charge is 0.478 e. The van der Waals surface area contributed by atoms with Crippen LogP contribution in [-0.4, -0.2) is 23.1 Å². The monoisotopic (exact) mass is 262 g/mol. The van der Waals surface area contributed by atoms with Crippen LogP contribution in [0.25, 0.3) is 0 Å². The summed E-state index contributed by atoms with van der Waals surface area (Å²) in [5.41, 5.74) is 1.19. The van der Waals surface area contributed by atoms with Gasteiger partial charge in [0.25, 0.3) is 0 Å². The minimum absolute atomic E-state index is 0.106. The van der Waals surface area contributed by atoms with Crippen LogP contribution in [0.2, 0.25) is 0 Å². The highest BCUT2D eigenvalue weighted by molar-refractivity contribution is 6.01. The molecular weight excluding hydrogens is 244 g/mol. The summed E-state index contributed by atoms with van der Waals surface area (Å²) >= 11 is 0. The van der Waals surface area contributed by atoms with Crippen molar-refractivity contribution in [1.82, 2.24) is 5.32 Å². The normalized spacial score (nSPS) is 15.7. The topological polar surface area (TPSA) is 78.4 Å². The molecular formula is C14H18N2O3. The number of carbonyl (C=O) groups excluding carboxylic acids is 1. The van der Waals surface area contributed by atoms with Gasteiger partial charge >= 0.3 is 12.0 Å². The minimum atomic E-state index is -1.05. The Balaban J connectivity index is 2.09. The van der Waals surface area contributed by atoms with Gasteiger partial charge in [-0.2, -0.15) is 0 Å². The molecule has 2 amide bonds. The van der Waals surface area contributed by atoms with Gasteiger partial charge in [-0.05, 0) is 44.2 Å². The van der Waals surface area contributed by atoms with Gasteiger partial charge in [-0.25, -0.2) is 9.59 Å². The highest BCUT2D eigenvalue weighted by Gasteiger charge is 2.29. The van der Waals surface area contributed by atoms with E-state index >= 15 is 0 Å². The molecule has 1 aromatic rings. The van der Waals surface area contributed by atoms with Crippen molar-refractivity contribution >= 4 is 17.7 Å². The van der Waals surface area contributed by atoms with Crippen LogP contribution in [-0.2, 0) is 0 Å². The van der Waals surface area contributed by atoms with E-state index < -0.39 is 5.97 Å². The predicted molar refractivity (Wildman–Crippen MR) is 72.5 cm³/mol. The standard InChI is InChI=1S/C14H18N2O3/c1-8-4-3-5-11(13(17)18)12(8)16-14(19)15-9(2)10-6-7-10/h3-5,9-10H,6-7H2,1-2H3,(H,17,18)(H2,15,16,19). The SMILES string of the molecule is Cc1cccc(C(=O)O)c1NC(=O)NC(C)C1CC1. The fraction of sp³-hybridized carbons (Fsp3) is 0.429. The summed E-state index contributed by atoms with van der Waals surface area (Å²) in [5.74, 6) is -0.490. The number of urea groups is 1. The number of rotatable bonds is 4. The molecule has 0 aromatic heterocycles. The molecule has 2 rings (SSSR count).